The monoisotopic (exact) mass is 194 g/mol. The molecular weight excluding hydrogens is 179 g/mol. The second-order valence-corrected chi connectivity index (χ2v) is 3.70. The van der Waals surface area contributed by atoms with Crippen LogP contribution in [0.2, 0.25) is 0 Å². The largest absolute Gasteiger partial charge is 0.379 e. The lowest BCUT2D eigenvalue weighted by Gasteiger charge is -2.28. The fourth-order valence-corrected chi connectivity index (χ4v) is 1.90. The van der Waals surface area contributed by atoms with Crippen molar-refractivity contribution in [3.8, 4) is 0 Å². The first-order valence-electron chi connectivity index (χ1n) is 5.00. The first-order chi connectivity index (χ1) is 6.81. The summed E-state index contributed by atoms with van der Waals surface area (Å²) in [6, 6.07) is 7.93. The Kier molecular flexibility index (Phi) is 2.68. The van der Waals surface area contributed by atoms with E-state index in [1.807, 2.05) is 18.2 Å². The molecule has 2 atom stereocenters. The maximum Gasteiger partial charge on any atom is 0.132 e. The lowest BCUT2D eigenvalue weighted by atomic mass is 9.95. The van der Waals surface area contributed by atoms with Gasteiger partial charge in [0.2, 0.25) is 0 Å². The number of nitrogens with one attached hydrogen (secondary N) is 1. The van der Waals surface area contributed by atoms with Crippen molar-refractivity contribution in [3.63, 3.8) is 0 Å². The molecule has 14 heavy (non-hydrogen) atoms. The number of fused-ring (bicyclic) bond motifs is 1. The number of para-hydroxylation sites is 1. The van der Waals surface area contributed by atoms with E-state index in [9.17, 15) is 4.39 Å². The minimum atomic E-state index is -0.941. The van der Waals surface area contributed by atoms with E-state index in [0.29, 0.717) is 0 Å². The minimum Gasteiger partial charge on any atom is -0.379 e. The molecule has 0 radical (unpaired) electrons. The molecule has 76 valence electrons. The van der Waals surface area contributed by atoms with Gasteiger partial charge in [-0.2, -0.15) is 0 Å². The third-order valence-corrected chi connectivity index (χ3v) is 2.74. The van der Waals surface area contributed by atoms with Crippen LogP contribution < -0.4 is 11.1 Å². The first kappa shape index (κ1) is 9.46. The number of alkyl halides is 1. The molecular formula is C11H15FN2. The van der Waals surface area contributed by atoms with Gasteiger partial charge in [-0.15, -0.1) is 0 Å². The number of benzene rings is 1. The van der Waals surface area contributed by atoms with Crippen molar-refractivity contribution >= 4 is 5.69 Å². The molecule has 1 aliphatic rings. The van der Waals surface area contributed by atoms with Crippen LogP contribution in [-0.4, -0.2) is 18.8 Å². The molecule has 0 saturated carbocycles. The summed E-state index contributed by atoms with van der Waals surface area (Å²) in [6.07, 6.45) is 0.826. The average molecular weight is 194 g/mol. The van der Waals surface area contributed by atoms with E-state index in [1.165, 1.54) is 5.56 Å². The number of hydrogen-bond acceptors (Lipinski definition) is 2. The summed E-state index contributed by atoms with van der Waals surface area (Å²) in [4.78, 5) is 0. The lowest BCUT2D eigenvalue weighted by molar-refractivity contribution is 0.289. The first-order valence-corrected chi connectivity index (χ1v) is 5.00. The summed E-state index contributed by atoms with van der Waals surface area (Å²) in [5, 5.41) is 3.19. The van der Waals surface area contributed by atoms with Gasteiger partial charge in [0.25, 0.3) is 0 Å². The highest BCUT2D eigenvalue weighted by atomic mass is 19.1. The Balaban J connectivity index is 2.13. The van der Waals surface area contributed by atoms with Crippen molar-refractivity contribution < 1.29 is 4.39 Å². The highest BCUT2D eigenvalue weighted by Crippen LogP contribution is 2.25. The standard InChI is InChI=1S/C11H15FN2/c12-9(7-13)11-6-5-8-3-1-2-4-10(8)14-11/h1-4,9,11,14H,5-7,13H2. The molecule has 0 aliphatic carbocycles. The fourth-order valence-electron chi connectivity index (χ4n) is 1.90. The molecule has 0 amide bonds. The molecule has 3 N–H and O–H groups in total. The average Bonchev–Trinajstić information content (AvgIpc) is 2.27. The normalized spacial score (nSPS) is 22.3. The number of halogens is 1. The smallest absolute Gasteiger partial charge is 0.132 e. The zero-order valence-corrected chi connectivity index (χ0v) is 8.04. The molecule has 1 aliphatic heterocycles. The Bertz CT molecular complexity index is 314. The summed E-state index contributed by atoms with van der Waals surface area (Å²) in [6.45, 7) is 0.0971. The Labute approximate surface area is 83.3 Å². The molecule has 0 spiro atoms. The van der Waals surface area contributed by atoms with Gasteiger partial charge in [-0.25, -0.2) is 4.39 Å². The van der Waals surface area contributed by atoms with Crippen LogP contribution in [0.1, 0.15) is 12.0 Å². The predicted molar refractivity (Wildman–Crippen MR) is 56.1 cm³/mol. The van der Waals surface area contributed by atoms with Crippen LogP contribution in [0.5, 0.6) is 0 Å². The quantitative estimate of drug-likeness (QED) is 0.752. The van der Waals surface area contributed by atoms with E-state index in [0.717, 1.165) is 18.5 Å². The number of hydrogen-bond donors (Lipinski definition) is 2. The second-order valence-electron chi connectivity index (χ2n) is 3.70. The van der Waals surface area contributed by atoms with Crippen molar-refractivity contribution in [3.05, 3.63) is 29.8 Å². The molecule has 2 nitrogen and oxygen atoms in total. The van der Waals surface area contributed by atoms with Crippen LogP contribution in [0, 0.1) is 0 Å². The van der Waals surface area contributed by atoms with Crippen LogP contribution in [0.25, 0.3) is 0 Å². The molecule has 2 rings (SSSR count). The third-order valence-electron chi connectivity index (χ3n) is 2.74. The van der Waals surface area contributed by atoms with E-state index >= 15 is 0 Å². The van der Waals surface area contributed by atoms with Crippen molar-refractivity contribution in [1.29, 1.82) is 0 Å². The zero-order chi connectivity index (χ0) is 9.97. The SMILES string of the molecule is NCC(F)C1CCc2ccccc2N1. The summed E-state index contributed by atoms with van der Waals surface area (Å²) < 4.78 is 13.3. The Morgan fingerprint density at radius 3 is 3.07 bits per heavy atom. The van der Waals surface area contributed by atoms with Gasteiger partial charge in [-0.3, -0.25) is 0 Å². The van der Waals surface area contributed by atoms with Crippen LogP contribution >= 0.6 is 0 Å². The topological polar surface area (TPSA) is 38.0 Å². The summed E-state index contributed by atoms with van der Waals surface area (Å²) >= 11 is 0. The Morgan fingerprint density at radius 1 is 1.50 bits per heavy atom. The van der Waals surface area contributed by atoms with Gasteiger partial charge in [-0.1, -0.05) is 18.2 Å². The van der Waals surface area contributed by atoms with Crippen molar-refractivity contribution in [1.82, 2.24) is 0 Å². The molecule has 0 fully saturated rings. The second kappa shape index (κ2) is 3.96. The van der Waals surface area contributed by atoms with Gasteiger partial charge >= 0.3 is 0 Å². The number of aryl methyl sites for hydroxylation is 1. The minimum absolute atomic E-state index is 0.0971. The van der Waals surface area contributed by atoms with E-state index in [-0.39, 0.29) is 12.6 Å². The Morgan fingerprint density at radius 2 is 2.29 bits per heavy atom. The molecule has 1 heterocycles. The van der Waals surface area contributed by atoms with Gasteiger partial charge in [0.1, 0.15) is 6.17 Å². The van der Waals surface area contributed by atoms with Crippen LogP contribution in [0.15, 0.2) is 24.3 Å². The van der Waals surface area contributed by atoms with Crippen LogP contribution in [0.4, 0.5) is 10.1 Å². The molecule has 0 bridgehead atoms. The molecule has 0 saturated heterocycles. The highest BCUT2D eigenvalue weighted by molar-refractivity contribution is 5.53. The van der Waals surface area contributed by atoms with E-state index in [4.69, 9.17) is 5.73 Å². The van der Waals surface area contributed by atoms with Gasteiger partial charge in [-0.05, 0) is 24.5 Å². The van der Waals surface area contributed by atoms with Gasteiger partial charge in [0.05, 0.1) is 6.04 Å². The van der Waals surface area contributed by atoms with Crippen LogP contribution in [-0.2, 0) is 6.42 Å². The van der Waals surface area contributed by atoms with Gasteiger partial charge in [0, 0.05) is 12.2 Å². The molecule has 2 unspecified atom stereocenters. The van der Waals surface area contributed by atoms with E-state index in [2.05, 4.69) is 11.4 Å². The number of rotatable bonds is 2. The number of anilines is 1. The maximum atomic E-state index is 13.3. The van der Waals surface area contributed by atoms with Crippen molar-refractivity contribution in [2.45, 2.75) is 25.1 Å². The third kappa shape index (κ3) is 1.73. The van der Waals surface area contributed by atoms with Gasteiger partial charge < -0.3 is 11.1 Å². The maximum absolute atomic E-state index is 13.3. The van der Waals surface area contributed by atoms with Crippen molar-refractivity contribution in [2.24, 2.45) is 5.73 Å². The molecule has 0 aromatic heterocycles. The van der Waals surface area contributed by atoms with Crippen LogP contribution in [0.3, 0.4) is 0 Å². The number of nitrogens with two attached hydrogens (primary N) is 1. The van der Waals surface area contributed by atoms with E-state index < -0.39 is 6.17 Å². The summed E-state index contributed by atoms with van der Waals surface area (Å²) in [5.74, 6) is 0. The van der Waals surface area contributed by atoms with Crippen molar-refractivity contribution in [2.75, 3.05) is 11.9 Å². The predicted octanol–water partition coefficient (Wildman–Crippen LogP) is 1.71. The lowest BCUT2D eigenvalue weighted by Crippen LogP contribution is -2.38. The fraction of sp³-hybridized carbons (Fsp3) is 0.455. The Hall–Kier alpha value is -1.09. The molecule has 3 heteroatoms. The molecule has 1 aromatic rings. The highest BCUT2D eigenvalue weighted by Gasteiger charge is 2.23. The molecule has 1 aromatic carbocycles. The zero-order valence-electron chi connectivity index (χ0n) is 8.04. The van der Waals surface area contributed by atoms with E-state index in [1.54, 1.807) is 0 Å². The van der Waals surface area contributed by atoms with Gasteiger partial charge in [0.15, 0.2) is 0 Å². The summed E-state index contributed by atoms with van der Waals surface area (Å²) in [7, 11) is 0. The summed E-state index contributed by atoms with van der Waals surface area (Å²) in [5.41, 5.74) is 7.63.